The van der Waals surface area contributed by atoms with Gasteiger partial charge in [0.05, 0.1) is 6.42 Å². The average molecular weight is 327 g/mol. The number of fused-ring (bicyclic) bond motifs is 1. The van der Waals surface area contributed by atoms with Gasteiger partial charge in [0.2, 0.25) is 0 Å². The zero-order valence-electron chi connectivity index (χ0n) is 13.0. The molecule has 0 bridgehead atoms. The molecule has 0 saturated carbocycles. The van der Waals surface area contributed by atoms with Crippen LogP contribution in [0.4, 0.5) is 0 Å². The second-order valence-corrected chi connectivity index (χ2v) is 6.44. The van der Waals surface area contributed by atoms with Crippen LogP contribution in [0.1, 0.15) is 22.4 Å². The quantitative estimate of drug-likeness (QED) is 0.766. The SMILES string of the molecule is Cc1cc(C)c(COc2ccc3c(CC(=O)O)csc3c2)cn1. The second-order valence-electron chi connectivity index (χ2n) is 5.53. The molecule has 0 aliphatic heterocycles. The normalized spacial score (nSPS) is 10.9. The summed E-state index contributed by atoms with van der Waals surface area (Å²) in [5.41, 5.74) is 4.08. The summed E-state index contributed by atoms with van der Waals surface area (Å²) in [6, 6.07) is 7.82. The van der Waals surface area contributed by atoms with E-state index in [-0.39, 0.29) is 6.42 Å². The van der Waals surface area contributed by atoms with Crippen molar-refractivity contribution in [2.24, 2.45) is 0 Å². The van der Waals surface area contributed by atoms with Crippen molar-refractivity contribution in [1.29, 1.82) is 0 Å². The van der Waals surface area contributed by atoms with Gasteiger partial charge in [-0.05, 0) is 60.0 Å². The highest BCUT2D eigenvalue weighted by atomic mass is 32.1. The van der Waals surface area contributed by atoms with Crippen molar-refractivity contribution in [3.63, 3.8) is 0 Å². The molecule has 3 rings (SSSR count). The molecule has 0 aliphatic carbocycles. The molecule has 3 aromatic rings. The molecule has 0 radical (unpaired) electrons. The molecule has 0 spiro atoms. The first-order valence-corrected chi connectivity index (χ1v) is 8.18. The van der Waals surface area contributed by atoms with Crippen LogP contribution in [0.25, 0.3) is 10.1 Å². The van der Waals surface area contributed by atoms with Crippen molar-refractivity contribution >= 4 is 27.4 Å². The zero-order valence-corrected chi connectivity index (χ0v) is 13.8. The van der Waals surface area contributed by atoms with E-state index in [0.29, 0.717) is 6.61 Å². The van der Waals surface area contributed by atoms with Crippen molar-refractivity contribution in [2.75, 3.05) is 0 Å². The Hall–Kier alpha value is -2.40. The van der Waals surface area contributed by atoms with Gasteiger partial charge >= 0.3 is 5.97 Å². The Morgan fingerprint density at radius 2 is 2.09 bits per heavy atom. The molecular formula is C18H17NO3S. The van der Waals surface area contributed by atoms with Crippen LogP contribution in [0.2, 0.25) is 0 Å². The maximum atomic E-state index is 10.9. The van der Waals surface area contributed by atoms with Crippen LogP contribution in [0, 0.1) is 13.8 Å². The first-order valence-electron chi connectivity index (χ1n) is 7.30. The Bertz CT molecular complexity index is 870. The molecule has 5 heteroatoms. The van der Waals surface area contributed by atoms with Crippen molar-refractivity contribution in [1.82, 2.24) is 4.98 Å². The number of carbonyl (C=O) groups is 1. The highest BCUT2D eigenvalue weighted by molar-refractivity contribution is 7.17. The molecular weight excluding hydrogens is 310 g/mol. The number of rotatable bonds is 5. The van der Waals surface area contributed by atoms with Crippen LogP contribution >= 0.6 is 11.3 Å². The number of aryl methyl sites for hydroxylation is 2. The van der Waals surface area contributed by atoms with Gasteiger partial charge in [-0.2, -0.15) is 0 Å². The number of nitrogens with zero attached hydrogens (tertiary/aromatic N) is 1. The van der Waals surface area contributed by atoms with Crippen LogP contribution in [-0.2, 0) is 17.8 Å². The van der Waals surface area contributed by atoms with E-state index in [0.717, 1.165) is 32.7 Å². The van der Waals surface area contributed by atoms with Gasteiger partial charge in [-0.25, -0.2) is 0 Å². The molecule has 0 saturated heterocycles. The fourth-order valence-corrected chi connectivity index (χ4v) is 3.48. The molecule has 2 heterocycles. The Morgan fingerprint density at radius 3 is 2.83 bits per heavy atom. The maximum Gasteiger partial charge on any atom is 0.307 e. The summed E-state index contributed by atoms with van der Waals surface area (Å²) in [6.45, 7) is 4.49. The number of thiophene rings is 1. The van der Waals surface area contributed by atoms with E-state index in [4.69, 9.17) is 9.84 Å². The zero-order chi connectivity index (χ0) is 16.4. The van der Waals surface area contributed by atoms with Crippen molar-refractivity contribution in [3.05, 3.63) is 58.2 Å². The first-order chi connectivity index (χ1) is 11.0. The molecule has 4 nitrogen and oxygen atoms in total. The summed E-state index contributed by atoms with van der Waals surface area (Å²) < 4.78 is 6.90. The van der Waals surface area contributed by atoms with Gasteiger partial charge in [0, 0.05) is 22.2 Å². The fraction of sp³-hybridized carbons (Fsp3) is 0.222. The molecule has 0 atom stereocenters. The molecule has 1 N–H and O–H groups in total. The smallest absolute Gasteiger partial charge is 0.307 e. The number of hydrogen-bond donors (Lipinski definition) is 1. The molecule has 1 aromatic carbocycles. The van der Waals surface area contributed by atoms with Gasteiger partial charge in [-0.15, -0.1) is 11.3 Å². The van der Waals surface area contributed by atoms with Crippen LogP contribution in [-0.4, -0.2) is 16.1 Å². The minimum Gasteiger partial charge on any atom is -0.489 e. The van der Waals surface area contributed by atoms with Crippen molar-refractivity contribution in [2.45, 2.75) is 26.9 Å². The monoisotopic (exact) mass is 327 g/mol. The van der Waals surface area contributed by atoms with Crippen LogP contribution in [0.15, 0.2) is 35.8 Å². The third kappa shape index (κ3) is 3.51. The average Bonchev–Trinajstić information content (AvgIpc) is 2.88. The summed E-state index contributed by atoms with van der Waals surface area (Å²) in [4.78, 5) is 15.2. The predicted molar refractivity (Wildman–Crippen MR) is 91.2 cm³/mol. The first kappa shape index (κ1) is 15.5. The van der Waals surface area contributed by atoms with Crippen LogP contribution in [0.3, 0.4) is 0 Å². The molecule has 118 valence electrons. The number of pyridine rings is 1. The van der Waals surface area contributed by atoms with E-state index >= 15 is 0 Å². The number of carboxylic acids is 1. The predicted octanol–water partition coefficient (Wildman–Crippen LogP) is 4.12. The number of benzene rings is 1. The van der Waals surface area contributed by atoms with E-state index in [1.54, 1.807) is 11.3 Å². The number of ether oxygens (including phenoxy) is 1. The highest BCUT2D eigenvalue weighted by Gasteiger charge is 2.09. The molecule has 23 heavy (non-hydrogen) atoms. The van der Waals surface area contributed by atoms with Crippen molar-refractivity contribution in [3.8, 4) is 5.75 Å². The Labute approximate surface area is 138 Å². The molecule has 0 aliphatic rings. The number of aliphatic carboxylic acids is 1. The topological polar surface area (TPSA) is 59.4 Å². The van der Waals surface area contributed by atoms with E-state index in [1.807, 2.05) is 49.7 Å². The third-order valence-corrected chi connectivity index (χ3v) is 4.71. The molecule has 0 unspecified atom stereocenters. The number of carboxylic acid groups (broad SMARTS) is 1. The standard InChI is InChI=1S/C18H17NO3S/c1-11-5-12(2)19-8-14(11)9-22-15-3-4-16-13(6-18(20)21)10-23-17(16)7-15/h3-5,7-8,10H,6,9H2,1-2H3,(H,20,21). The van der Waals surface area contributed by atoms with E-state index in [2.05, 4.69) is 4.98 Å². The number of aromatic nitrogens is 1. The Morgan fingerprint density at radius 1 is 1.26 bits per heavy atom. The van der Waals surface area contributed by atoms with Crippen LogP contribution < -0.4 is 4.74 Å². The Kier molecular flexibility index (Phi) is 4.30. The van der Waals surface area contributed by atoms with Gasteiger partial charge in [0.1, 0.15) is 12.4 Å². The van der Waals surface area contributed by atoms with E-state index in [1.165, 1.54) is 5.56 Å². The van der Waals surface area contributed by atoms with Gasteiger partial charge < -0.3 is 9.84 Å². The van der Waals surface area contributed by atoms with Gasteiger partial charge in [0.15, 0.2) is 0 Å². The lowest BCUT2D eigenvalue weighted by Crippen LogP contribution is -2.00. The maximum absolute atomic E-state index is 10.9. The molecule has 2 aromatic heterocycles. The molecule has 0 amide bonds. The lowest BCUT2D eigenvalue weighted by atomic mass is 10.1. The van der Waals surface area contributed by atoms with Gasteiger partial charge in [-0.1, -0.05) is 0 Å². The van der Waals surface area contributed by atoms with E-state index < -0.39 is 5.97 Å². The lowest BCUT2D eigenvalue weighted by molar-refractivity contribution is -0.136. The summed E-state index contributed by atoms with van der Waals surface area (Å²) in [5, 5.41) is 11.8. The van der Waals surface area contributed by atoms with Gasteiger partial charge in [-0.3, -0.25) is 9.78 Å². The lowest BCUT2D eigenvalue weighted by Gasteiger charge is -2.09. The third-order valence-electron chi connectivity index (χ3n) is 3.72. The summed E-state index contributed by atoms with van der Waals surface area (Å²) in [7, 11) is 0. The second kappa shape index (κ2) is 6.38. The number of hydrogen-bond acceptors (Lipinski definition) is 4. The fourth-order valence-electron chi connectivity index (χ4n) is 2.49. The highest BCUT2D eigenvalue weighted by Crippen LogP contribution is 2.30. The largest absolute Gasteiger partial charge is 0.489 e. The Balaban J connectivity index is 1.77. The minimum atomic E-state index is -0.813. The summed E-state index contributed by atoms with van der Waals surface area (Å²) >= 11 is 1.54. The minimum absolute atomic E-state index is 0.0500. The van der Waals surface area contributed by atoms with Crippen LogP contribution in [0.5, 0.6) is 5.75 Å². The summed E-state index contributed by atoms with van der Waals surface area (Å²) in [6.07, 6.45) is 1.90. The van der Waals surface area contributed by atoms with E-state index in [9.17, 15) is 4.79 Å². The van der Waals surface area contributed by atoms with Gasteiger partial charge in [0.25, 0.3) is 0 Å². The summed E-state index contributed by atoms with van der Waals surface area (Å²) in [5.74, 6) is -0.0337. The van der Waals surface area contributed by atoms with Crippen molar-refractivity contribution < 1.29 is 14.6 Å². The molecule has 0 fully saturated rings.